The van der Waals surface area contributed by atoms with Gasteiger partial charge in [-0.25, -0.2) is 4.98 Å². The lowest BCUT2D eigenvalue weighted by atomic mass is 10.1. The summed E-state index contributed by atoms with van der Waals surface area (Å²) >= 11 is 3.26. The number of fused-ring (bicyclic) bond motifs is 1. The Balaban J connectivity index is 1.80. The van der Waals surface area contributed by atoms with E-state index in [2.05, 4.69) is 41.4 Å². The largest absolute Gasteiger partial charge is 0.492 e. The van der Waals surface area contributed by atoms with Crippen LogP contribution in [0.5, 0.6) is 5.88 Å². The normalized spacial score (nSPS) is 26.0. The number of thiazole rings is 1. The molecule has 1 aliphatic rings. The van der Waals surface area contributed by atoms with Gasteiger partial charge in [0, 0.05) is 0 Å². The summed E-state index contributed by atoms with van der Waals surface area (Å²) in [6.07, 6.45) is 0.413. The second-order valence-corrected chi connectivity index (χ2v) is 8.40. The van der Waals surface area contributed by atoms with Gasteiger partial charge in [-0.15, -0.1) is 16.4 Å². The van der Waals surface area contributed by atoms with Crippen LogP contribution >= 0.6 is 22.7 Å². The Morgan fingerprint density at radius 3 is 2.75 bits per heavy atom. The fourth-order valence-corrected chi connectivity index (χ4v) is 5.70. The molecule has 1 unspecified atom stereocenters. The van der Waals surface area contributed by atoms with Crippen molar-refractivity contribution >= 4 is 27.6 Å². The van der Waals surface area contributed by atoms with Gasteiger partial charge in [0.05, 0.1) is 4.88 Å². The van der Waals surface area contributed by atoms with E-state index in [0.717, 1.165) is 22.9 Å². The van der Waals surface area contributed by atoms with Crippen LogP contribution in [0.15, 0.2) is 17.5 Å². The summed E-state index contributed by atoms with van der Waals surface area (Å²) in [7, 11) is 0. The molecule has 4 atom stereocenters. The number of ether oxygens (including phenoxy) is 1. The van der Waals surface area contributed by atoms with Gasteiger partial charge in [0.25, 0.3) is 0 Å². The van der Waals surface area contributed by atoms with Crippen LogP contribution < -0.4 is 4.90 Å². The van der Waals surface area contributed by atoms with Gasteiger partial charge in [-0.3, -0.25) is 0 Å². The predicted molar refractivity (Wildman–Crippen MR) is 94.1 cm³/mol. The molecule has 4 rings (SSSR count). The lowest BCUT2D eigenvalue weighted by Crippen LogP contribution is -3.15. The second-order valence-electron chi connectivity index (χ2n) is 6.42. The van der Waals surface area contributed by atoms with Crippen molar-refractivity contribution in [3.05, 3.63) is 33.1 Å². The molecule has 0 saturated carbocycles. The summed E-state index contributed by atoms with van der Waals surface area (Å²) in [5, 5.41) is 17.2. The predicted octanol–water partition coefficient (Wildman–Crippen LogP) is 1.65. The summed E-state index contributed by atoms with van der Waals surface area (Å²) in [6.45, 7) is 7.91. The van der Waals surface area contributed by atoms with Crippen molar-refractivity contribution in [1.82, 2.24) is 14.6 Å². The van der Waals surface area contributed by atoms with Crippen LogP contribution in [0.25, 0.3) is 4.96 Å². The Bertz CT molecular complexity index is 832. The van der Waals surface area contributed by atoms with Crippen molar-refractivity contribution in [3.63, 3.8) is 0 Å². The van der Waals surface area contributed by atoms with Crippen molar-refractivity contribution < 1.29 is 14.7 Å². The highest BCUT2D eigenvalue weighted by atomic mass is 32.1. The third kappa shape index (κ3) is 2.73. The van der Waals surface area contributed by atoms with Gasteiger partial charge in [0.15, 0.2) is 6.04 Å². The molecule has 4 heterocycles. The molecule has 1 saturated heterocycles. The Labute approximate surface area is 148 Å². The first-order valence-electron chi connectivity index (χ1n) is 8.11. The maximum atomic E-state index is 10.8. The lowest BCUT2D eigenvalue weighted by Gasteiger charge is -2.36. The summed E-state index contributed by atoms with van der Waals surface area (Å²) in [6, 6.07) is 4.30. The third-order valence-corrected chi connectivity index (χ3v) is 6.39. The molecule has 8 heteroatoms. The number of aryl methyl sites for hydroxylation is 1. The quantitative estimate of drug-likeness (QED) is 0.741. The molecule has 0 aromatic carbocycles. The number of hydrogen-bond acceptors (Lipinski definition) is 6. The van der Waals surface area contributed by atoms with E-state index >= 15 is 0 Å². The van der Waals surface area contributed by atoms with Crippen LogP contribution in [-0.4, -0.2) is 45.0 Å². The molecule has 0 spiro atoms. The first-order chi connectivity index (χ1) is 11.5. The number of rotatable bonds is 3. The Hall–Kier alpha value is -1.48. The highest BCUT2D eigenvalue weighted by Gasteiger charge is 2.37. The average Bonchev–Trinajstić information content (AvgIpc) is 3.20. The van der Waals surface area contributed by atoms with Crippen molar-refractivity contribution in [2.24, 2.45) is 0 Å². The first kappa shape index (κ1) is 16.0. The molecular formula is C16H21N4O2S2+. The van der Waals surface area contributed by atoms with Crippen LogP contribution in [0, 0.1) is 6.92 Å². The minimum absolute atomic E-state index is 0.0904. The van der Waals surface area contributed by atoms with E-state index in [9.17, 15) is 5.11 Å². The van der Waals surface area contributed by atoms with E-state index in [0.29, 0.717) is 5.82 Å². The van der Waals surface area contributed by atoms with E-state index in [1.165, 1.54) is 21.1 Å². The van der Waals surface area contributed by atoms with Crippen molar-refractivity contribution in [1.29, 1.82) is 0 Å². The fraction of sp³-hybridized carbons (Fsp3) is 0.500. The average molecular weight is 366 g/mol. The number of nitrogens with zero attached hydrogens (tertiary/aromatic N) is 3. The summed E-state index contributed by atoms with van der Waals surface area (Å²) in [5.74, 6) is 0.894. The molecular weight excluding hydrogens is 344 g/mol. The van der Waals surface area contributed by atoms with E-state index in [1.54, 1.807) is 15.9 Å². The lowest BCUT2D eigenvalue weighted by molar-refractivity contribution is -0.939. The minimum atomic E-state index is 0.0904. The van der Waals surface area contributed by atoms with Gasteiger partial charge in [0.1, 0.15) is 36.0 Å². The maximum absolute atomic E-state index is 10.8. The van der Waals surface area contributed by atoms with Crippen LogP contribution in [0.1, 0.15) is 35.5 Å². The van der Waals surface area contributed by atoms with Crippen LogP contribution in [0.3, 0.4) is 0 Å². The Kier molecular flexibility index (Phi) is 4.07. The van der Waals surface area contributed by atoms with Gasteiger partial charge in [-0.1, -0.05) is 17.4 Å². The summed E-state index contributed by atoms with van der Waals surface area (Å²) < 4.78 is 7.46. The molecule has 128 valence electrons. The molecule has 1 fully saturated rings. The van der Waals surface area contributed by atoms with Gasteiger partial charge in [0.2, 0.25) is 10.8 Å². The zero-order chi connectivity index (χ0) is 16.8. The van der Waals surface area contributed by atoms with E-state index in [-0.39, 0.29) is 24.1 Å². The van der Waals surface area contributed by atoms with Gasteiger partial charge >= 0.3 is 0 Å². The standard InChI is InChI=1S/C16H20N4O2S2/c1-9-7-19(8-10(2)22-9)13(12-5-4-6-23-12)14-15(21)20-16(24-14)17-11(3)18-20/h4-6,9-10,13,21H,7-8H2,1-3H3/p+1/t9-,10+,13-/m0/s1. The molecule has 0 radical (unpaired) electrons. The highest BCUT2D eigenvalue weighted by Crippen LogP contribution is 2.36. The van der Waals surface area contributed by atoms with Crippen molar-refractivity contribution in [3.8, 4) is 5.88 Å². The molecule has 24 heavy (non-hydrogen) atoms. The zero-order valence-electron chi connectivity index (χ0n) is 13.9. The van der Waals surface area contributed by atoms with Crippen LogP contribution in [0.2, 0.25) is 0 Å². The highest BCUT2D eigenvalue weighted by molar-refractivity contribution is 7.17. The third-order valence-electron chi connectivity index (χ3n) is 4.37. The molecule has 6 nitrogen and oxygen atoms in total. The fourth-order valence-electron chi connectivity index (χ4n) is 3.56. The molecule has 0 amide bonds. The van der Waals surface area contributed by atoms with E-state index < -0.39 is 0 Å². The number of nitrogens with one attached hydrogen (secondary N) is 1. The number of aromatic nitrogens is 3. The molecule has 3 aromatic heterocycles. The molecule has 0 bridgehead atoms. The van der Waals surface area contributed by atoms with Gasteiger partial charge in [-0.2, -0.15) is 4.52 Å². The summed E-state index contributed by atoms with van der Waals surface area (Å²) in [5.41, 5.74) is 0. The SMILES string of the molecule is Cc1nc2sc([C@H](c3cccs3)[NH+]3C[C@@H](C)O[C@@H](C)C3)c(O)n2n1. The van der Waals surface area contributed by atoms with Gasteiger partial charge in [-0.05, 0) is 32.2 Å². The van der Waals surface area contributed by atoms with Crippen LogP contribution in [0.4, 0.5) is 0 Å². The minimum Gasteiger partial charge on any atom is -0.492 e. The number of aromatic hydroxyl groups is 1. The summed E-state index contributed by atoms with van der Waals surface area (Å²) in [4.78, 5) is 8.76. The maximum Gasteiger partial charge on any atom is 0.235 e. The second kappa shape index (κ2) is 6.11. The van der Waals surface area contributed by atoms with Crippen molar-refractivity contribution in [2.75, 3.05) is 13.1 Å². The van der Waals surface area contributed by atoms with E-state index in [4.69, 9.17) is 4.74 Å². The number of thiophene rings is 1. The number of quaternary nitrogens is 1. The molecule has 3 aromatic rings. The Morgan fingerprint density at radius 1 is 1.38 bits per heavy atom. The number of hydrogen-bond donors (Lipinski definition) is 2. The smallest absolute Gasteiger partial charge is 0.235 e. The topological polar surface area (TPSA) is 64.1 Å². The first-order valence-corrected chi connectivity index (χ1v) is 9.81. The molecule has 1 aliphatic heterocycles. The van der Waals surface area contributed by atoms with E-state index in [1.807, 2.05) is 6.92 Å². The Morgan fingerprint density at radius 2 is 2.12 bits per heavy atom. The monoisotopic (exact) mass is 365 g/mol. The molecule has 0 aliphatic carbocycles. The number of morpholine rings is 1. The van der Waals surface area contributed by atoms with Gasteiger partial charge < -0.3 is 14.7 Å². The molecule has 2 N–H and O–H groups in total. The van der Waals surface area contributed by atoms with Crippen LogP contribution in [-0.2, 0) is 4.74 Å². The zero-order valence-corrected chi connectivity index (χ0v) is 15.5. The van der Waals surface area contributed by atoms with Crippen molar-refractivity contribution in [2.45, 2.75) is 39.0 Å².